The first-order chi connectivity index (χ1) is 11.0. The third-order valence-electron chi connectivity index (χ3n) is 3.69. The van der Waals surface area contributed by atoms with Crippen LogP contribution in [-0.4, -0.2) is 40.9 Å². The summed E-state index contributed by atoms with van der Waals surface area (Å²) in [7, 11) is 1.79. The van der Waals surface area contributed by atoms with E-state index in [0.29, 0.717) is 22.4 Å². The molecule has 1 aromatic carbocycles. The largest absolute Gasteiger partial charge is 0.508 e. The number of rotatable bonds is 2. The summed E-state index contributed by atoms with van der Waals surface area (Å²) in [4.78, 5) is 22.6. The van der Waals surface area contributed by atoms with Gasteiger partial charge in [0.2, 0.25) is 0 Å². The summed E-state index contributed by atoms with van der Waals surface area (Å²) in [6.45, 7) is 0. The van der Waals surface area contributed by atoms with Gasteiger partial charge >= 0.3 is 5.97 Å². The number of aromatic amines is 1. The molecule has 0 aliphatic rings. The summed E-state index contributed by atoms with van der Waals surface area (Å²) in [6.07, 6.45) is 2.88. The molecule has 0 radical (unpaired) electrons. The number of aromatic carboxylic acids is 1. The molecule has 0 fully saturated rings. The lowest BCUT2D eigenvalue weighted by Crippen LogP contribution is -1.97. The fraction of sp³-hybridized carbons (Fsp3) is 0.0667. The minimum atomic E-state index is -1.08. The van der Waals surface area contributed by atoms with Crippen LogP contribution in [0.4, 0.5) is 0 Å². The molecule has 3 N–H and O–H groups in total. The van der Waals surface area contributed by atoms with Gasteiger partial charge in [-0.3, -0.25) is 4.68 Å². The Morgan fingerprint density at radius 2 is 2.17 bits per heavy atom. The number of fused-ring (bicyclic) bond motifs is 2. The van der Waals surface area contributed by atoms with E-state index in [-0.39, 0.29) is 16.8 Å². The molecule has 0 saturated carbocycles. The average Bonchev–Trinajstić information content (AvgIpc) is 3.08. The van der Waals surface area contributed by atoms with Gasteiger partial charge in [-0.25, -0.2) is 14.8 Å². The standard InChI is InChI=1S/C15H11N5O3/c1-20-11-3-2-7(21)4-8(11)12(19-20)10-6-17-14-13(18-10)9(5-16-14)15(22)23/h2-6,21H,1H3,(H,16,17)(H,22,23). The van der Waals surface area contributed by atoms with E-state index in [9.17, 15) is 15.0 Å². The predicted molar refractivity (Wildman–Crippen MR) is 82.2 cm³/mol. The Hall–Kier alpha value is -3.42. The Labute approximate surface area is 129 Å². The molecule has 3 aromatic heterocycles. The predicted octanol–water partition coefficient (Wildman–Crippen LogP) is 1.92. The molecular formula is C15H11N5O3. The summed E-state index contributed by atoms with van der Waals surface area (Å²) in [5, 5.41) is 24.0. The van der Waals surface area contributed by atoms with Gasteiger partial charge < -0.3 is 15.2 Å². The van der Waals surface area contributed by atoms with E-state index in [2.05, 4.69) is 20.1 Å². The minimum absolute atomic E-state index is 0.0532. The molecule has 0 aliphatic carbocycles. The van der Waals surface area contributed by atoms with Crippen LogP contribution in [0.3, 0.4) is 0 Å². The highest BCUT2D eigenvalue weighted by Gasteiger charge is 2.17. The number of nitrogens with zero attached hydrogens (tertiary/aromatic N) is 4. The monoisotopic (exact) mass is 309 g/mol. The Morgan fingerprint density at radius 3 is 2.96 bits per heavy atom. The lowest BCUT2D eigenvalue weighted by molar-refractivity contribution is 0.0699. The number of phenolic OH excluding ortho intramolecular Hbond substituents is 1. The van der Waals surface area contributed by atoms with Crippen LogP contribution in [0.15, 0.2) is 30.6 Å². The number of aromatic hydroxyl groups is 1. The van der Waals surface area contributed by atoms with Crippen molar-refractivity contribution in [1.82, 2.24) is 24.7 Å². The number of carboxylic acid groups (broad SMARTS) is 1. The van der Waals surface area contributed by atoms with Crippen LogP contribution in [0.5, 0.6) is 5.75 Å². The molecule has 0 unspecified atom stereocenters. The zero-order valence-electron chi connectivity index (χ0n) is 12.0. The number of nitrogens with one attached hydrogen (secondary N) is 1. The number of aromatic nitrogens is 5. The van der Waals surface area contributed by atoms with Crippen molar-refractivity contribution in [2.75, 3.05) is 0 Å². The zero-order valence-corrected chi connectivity index (χ0v) is 12.0. The summed E-state index contributed by atoms with van der Waals surface area (Å²) in [5.41, 5.74) is 2.52. The molecular weight excluding hydrogens is 298 g/mol. The SMILES string of the molecule is Cn1nc(-c2cnc3[nH]cc(C(=O)O)c3n2)c2cc(O)ccc21. The second-order valence-electron chi connectivity index (χ2n) is 5.13. The van der Waals surface area contributed by atoms with Crippen LogP contribution in [0.25, 0.3) is 33.5 Å². The molecule has 3 heterocycles. The minimum Gasteiger partial charge on any atom is -0.508 e. The molecule has 0 atom stereocenters. The van der Waals surface area contributed by atoms with Crippen LogP contribution in [-0.2, 0) is 7.05 Å². The topological polar surface area (TPSA) is 117 Å². The highest BCUT2D eigenvalue weighted by Crippen LogP contribution is 2.29. The van der Waals surface area contributed by atoms with Gasteiger partial charge in [0.05, 0.1) is 11.7 Å². The molecule has 8 heteroatoms. The molecule has 23 heavy (non-hydrogen) atoms. The van der Waals surface area contributed by atoms with Crippen molar-refractivity contribution in [3.63, 3.8) is 0 Å². The van der Waals surface area contributed by atoms with Crippen molar-refractivity contribution in [2.24, 2.45) is 7.05 Å². The highest BCUT2D eigenvalue weighted by molar-refractivity contribution is 6.01. The first-order valence-corrected chi connectivity index (χ1v) is 6.78. The van der Waals surface area contributed by atoms with Crippen molar-refractivity contribution < 1.29 is 15.0 Å². The second-order valence-corrected chi connectivity index (χ2v) is 5.13. The van der Waals surface area contributed by atoms with Gasteiger partial charge in [-0.1, -0.05) is 0 Å². The average molecular weight is 309 g/mol. The molecule has 4 rings (SSSR count). The number of phenols is 1. The third-order valence-corrected chi connectivity index (χ3v) is 3.69. The van der Waals surface area contributed by atoms with Crippen molar-refractivity contribution in [3.05, 3.63) is 36.2 Å². The molecule has 114 valence electrons. The van der Waals surface area contributed by atoms with Gasteiger partial charge in [0.1, 0.15) is 28.2 Å². The van der Waals surface area contributed by atoms with Crippen molar-refractivity contribution in [1.29, 1.82) is 0 Å². The smallest absolute Gasteiger partial charge is 0.339 e. The van der Waals surface area contributed by atoms with Crippen LogP contribution < -0.4 is 0 Å². The Kier molecular flexibility index (Phi) is 2.61. The number of carboxylic acids is 1. The summed E-state index contributed by atoms with van der Waals surface area (Å²) < 4.78 is 1.67. The van der Waals surface area contributed by atoms with Crippen LogP contribution in [0, 0.1) is 0 Å². The number of aryl methyl sites for hydroxylation is 1. The number of benzene rings is 1. The molecule has 0 spiro atoms. The molecule has 0 aliphatic heterocycles. The van der Waals surface area contributed by atoms with E-state index >= 15 is 0 Å². The Balaban J connectivity index is 2.00. The fourth-order valence-corrected chi connectivity index (χ4v) is 2.61. The van der Waals surface area contributed by atoms with Gasteiger partial charge in [-0.15, -0.1) is 0 Å². The van der Waals surface area contributed by atoms with Gasteiger partial charge in [-0.2, -0.15) is 5.10 Å². The summed E-state index contributed by atoms with van der Waals surface area (Å²) in [6, 6.07) is 4.93. The van der Waals surface area contributed by atoms with Crippen LogP contribution >= 0.6 is 0 Å². The molecule has 4 aromatic rings. The Bertz CT molecular complexity index is 1080. The van der Waals surface area contributed by atoms with E-state index in [0.717, 1.165) is 5.52 Å². The summed E-state index contributed by atoms with van der Waals surface area (Å²) in [5.74, 6) is -0.958. The van der Waals surface area contributed by atoms with E-state index < -0.39 is 5.97 Å². The maximum Gasteiger partial charge on any atom is 0.339 e. The lowest BCUT2D eigenvalue weighted by atomic mass is 10.1. The van der Waals surface area contributed by atoms with Crippen molar-refractivity contribution >= 4 is 28.0 Å². The number of hydrogen-bond acceptors (Lipinski definition) is 5. The first kappa shape index (κ1) is 13.3. The number of hydrogen-bond donors (Lipinski definition) is 3. The summed E-state index contributed by atoms with van der Waals surface area (Å²) >= 11 is 0. The molecule has 0 saturated heterocycles. The van der Waals surface area contributed by atoms with Gasteiger partial charge in [0.25, 0.3) is 0 Å². The van der Waals surface area contributed by atoms with Gasteiger partial charge in [0.15, 0.2) is 5.65 Å². The van der Waals surface area contributed by atoms with E-state index in [1.165, 1.54) is 12.4 Å². The van der Waals surface area contributed by atoms with Crippen LogP contribution in [0.2, 0.25) is 0 Å². The third kappa shape index (κ3) is 1.92. The normalized spacial score (nSPS) is 11.3. The number of carbonyl (C=O) groups is 1. The Morgan fingerprint density at radius 1 is 1.35 bits per heavy atom. The van der Waals surface area contributed by atoms with Crippen molar-refractivity contribution in [3.8, 4) is 17.1 Å². The highest BCUT2D eigenvalue weighted by atomic mass is 16.4. The molecule has 0 amide bonds. The molecule has 8 nitrogen and oxygen atoms in total. The maximum absolute atomic E-state index is 11.2. The van der Waals surface area contributed by atoms with Gasteiger partial charge in [-0.05, 0) is 18.2 Å². The van der Waals surface area contributed by atoms with Crippen LogP contribution in [0.1, 0.15) is 10.4 Å². The fourth-order valence-electron chi connectivity index (χ4n) is 2.61. The van der Waals surface area contributed by atoms with E-state index in [1.54, 1.807) is 29.9 Å². The molecule has 0 bridgehead atoms. The van der Waals surface area contributed by atoms with Crippen molar-refractivity contribution in [2.45, 2.75) is 0 Å². The van der Waals surface area contributed by atoms with E-state index in [1.807, 2.05) is 0 Å². The quantitative estimate of drug-likeness (QED) is 0.521. The zero-order chi connectivity index (χ0) is 16.1. The second kappa shape index (κ2) is 4.54. The number of H-pyrrole nitrogens is 1. The maximum atomic E-state index is 11.2. The lowest BCUT2D eigenvalue weighted by Gasteiger charge is -1.99. The first-order valence-electron chi connectivity index (χ1n) is 6.78. The van der Waals surface area contributed by atoms with E-state index in [4.69, 9.17) is 0 Å². The van der Waals surface area contributed by atoms with Gasteiger partial charge in [0, 0.05) is 18.6 Å².